The van der Waals surface area contributed by atoms with Gasteiger partial charge in [-0.05, 0) is 68.1 Å². The zero-order chi connectivity index (χ0) is 19.1. The van der Waals surface area contributed by atoms with Crippen molar-refractivity contribution in [3.8, 4) is 0 Å². The Kier molecular flexibility index (Phi) is 8.04. The van der Waals surface area contributed by atoms with Crippen molar-refractivity contribution in [2.24, 2.45) is 29.6 Å². The van der Waals surface area contributed by atoms with Crippen molar-refractivity contribution < 1.29 is 9.59 Å². The first-order valence-electron chi connectivity index (χ1n) is 10.4. The van der Waals surface area contributed by atoms with Crippen molar-refractivity contribution in [1.82, 2.24) is 21.3 Å². The third-order valence-electron chi connectivity index (χ3n) is 6.62. The van der Waals surface area contributed by atoms with Gasteiger partial charge in [0.15, 0.2) is 0 Å². The molecular weight excluding hydrogens is 328 g/mol. The Bertz CT molecular complexity index is 471. The molecule has 0 aromatic carbocycles. The summed E-state index contributed by atoms with van der Waals surface area (Å²) in [7, 11) is 1.55. The minimum Gasteiger partial charge on any atom is -0.341 e. The highest BCUT2D eigenvalue weighted by Crippen LogP contribution is 2.41. The van der Waals surface area contributed by atoms with E-state index < -0.39 is 0 Å². The van der Waals surface area contributed by atoms with Crippen LogP contribution in [0.15, 0.2) is 0 Å². The van der Waals surface area contributed by atoms with Gasteiger partial charge in [0.25, 0.3) is 0 Å². The van der Waals surface area contributed by atoms with Crippen molar-refractivity contribution in [2.45, 2.75) is 71.8 Å². The van der Waals surface area contributed by atoms with Crippen LogP contribution in [0.4, 0.5) is 9.59 Å². The number of nitrogens with one attached hydrogen (secondary N) is 4. The fourth-order valence-corrected chi connectivity index (χ4v) is 4.94. The van der Waals surface area contributed by atoms with Gasteiger partial charge >= 0.3 is 12.1 Å². The van der Waals surface area contributed by atoms with Crippen LogP contribution in [0.2, 0.25) is 0 Å². The number of urea groups is 2. The molecule has 4 amide bonds. The minimum atomic E-state index is -0.300. The summed E-state index contributed by atoms with van der Waals surface area (Å²) in [6.07, 6.45) is 8.87. The van der Waals surface area contributed by atoms with Crippen molar-refractivity contribution in [3.63, 3.8) is 0 Å². The molecule has 2 aliphatic carbocycles. The second-order valence-electron chi connectivity index (χ2n) is 8.72. The zero-order valence-corrected chi connectivity index (χ0v) is 16.9. The molecule has 0 saturated heterocycles. The molecule has 26 heavy (non-hydrogen) atoms. The van der Waals surface area contributed by atoms with Crippen LogP contribution in [0, 0.1) is 29.6 Å². The van der Waals surface area contributed by atoms with Crippen molar-refractivity contribution in [2.75, 3.05) is 13.7 Å². The summed E-state index contributed by atoms with van der Waals surface area (Å²) in [6.45, 7) is 7.31. The average Bonchev–Trinajstić information content (AvgIpc) is 2.59. The standard InChI is InChI=1S/C20H38N4O2/c1-13-5-6-16(14(2)9-13)11-17-7-8-18(10-15(17)3)24-20(26)23-12-22-19(25)21-4/h13-18H,5-12H2,1-4H3,(H2,21,22,25)(H2,23,24,26). The van der Waals surface area contributed by atoms with Crippen LogP contribution in [0.25, 0.3) is 0 Å². The molecule has 6 atom stereocenters. The molecule has 150 valence electrons. The van der Waals surface area contributed by atoms with E-state index in [9.17, 15) is 9.59 Å². The van der Waals surface area contributed by atoms with Gasteiger partial charge in [0.05, 0.1) is 6.67 Å². The summed E-state index contributed by atoms with van der Waals surface area (Å²) in [5.41, 5.74) is 0. The second kappa shape index (κ2) is 10.0. The van der Waals surface area contributed by atoms with Crippen LogP contribution in [0.1, 0.15) is 65.7 Å². The summed E-state index contributed by atoms with van der Waals surface area (Å²) >= 11 is 0. The Hall–Kier alpha value is -1.46. The van der Waals surface area contributed by atoms with E-state index in [2.05, 4.69) is 42.0 Å². The van der Waals surface area contributed by atoms with Crippen molar-refractivity contribution >= 4 is 12.1 Å². The van der Waals surface area contributed by atoms with Crippen LogP contribution in [0.3, 0.4) is 0 Å². The third kappa shape index (κ3) is 6.36. The number of rotatable bonds is 5. The minimum absolute atomic E-state index is 0.133. The normalized spacial score (nSPS) is 34.6. The lowest BCUT2D eigenvalue weighted by Crippen LogP contribution is -2.49. The van der Waals surface area contributed by atoms with Crippen molar-refractivity contribution in [1.29, 1.82) is 0 Å². The molecule has 0 aromatic rings. The van der Waals surface area contributed by atoms with Crippen molar-refractivity contribution in [3.05, 3.63) is 0 Å². The van der Waals surface area contributed by atoms with E-state index in [4.69, 9.17) is 0 Å². The molecule has 2 rings (SSSR count). The highest BCUT2D eigenvalue weighted by molar-refractivity contribution is 5.76. The summed E-state index contributed by atoms with van der Waals surface area (Å²) in [5.74, 6) is 4.11. The lowest BCUT2D eigenvalue weighted by Gasteiger charge is -2.40. The summed E-state index contributed by atoms with van der Waals surface area (Å²) in [6, 6.07) is -0.261. The Morgan fingerprint density at radius 2 is 1.46 bits per heavy atom. The summed E-state index contributed by atoms with van der Waals surface area (Å²) in [4.78, 5) is 23.0. The first kappa shape index (κ1) is 20.8. The number of hydrogen-bond donors (Lipinski definition) is 4. The van der Waals surface area contributed by atoms with Crippen LogP contribution in [0.5, 0.6) is 0 Å². The quantitative estimate of drug-likeness (QED) is 0.562. The fraction of sp³-hybridized carbons (Fsp3) is 0.900. The molecule has 6 unspecified atom stereocenters. The maximum atomic E-state index is 12.0. The Balaban J connectivity index is 1.69. The molecule has 2 aliphatic rings. The van der Waals surface area contributed by atoms with Gasteiger partial charge < -0.3 is 21.3 Å². The lowest BCUT2D eigenvalue weighted by atomic mass is 9.67. The summed E-state index contributed by atoms with van der Waals surface area (Å²) in [5, 5.41) is 10.7. The van der Waals surface area contributed by atoms with Crippen LogP contribution >= 0.6 is 0 Å². The van der Waals surface area contributed by atoms with Crippen LogP contribution < -0.4 is 21.3 Å². The Labute approximate surface area is 158 Å². The molecule has 0 aromatic heterocycles. The van der Waals surface area contributed by atoms with Gasteiger partial charge in [-0.2, -0.15) is 0 Å². The molecule has 0 aliphatic heterocycles. The molecule has 6 nitrogen and oxygen atoms in total. The SMILES string of the molecule is CNC(=O)NCNC(=O)NC1CCC(CC2CCC(C)CC2C)C(C)C1. The number of hydrogen-bond acceptors (Lipinski definition) is 2. The predicted octanol–water partition coefficient (Wildman–Crippen LogP) is 3.44. The molecule has 0 heterocycles. The predicted molar refractivity (Wildman–Crippen MR) is 105 cm³/mol. The molecular formula is C20H38N4O2. The number of carbonyl (C=O) groups is 2. The first-order valence-corrected chi connectivity index (χ1v) is 10.4. The number of carbonyl (C=O) groups excluding carboxylic acids is 2. The molecule has 0 spiro atoms. The third-order valence-corrected chi connectivity index (χ3v) is 6.62. The van der Waals surface area contributed by atoms with E-state index in [0.29, 0.717) is 5.92 Å². The highest BCUT2D eigenvalue weighted by Gasteiger charge is 2.33. The van der Waals surface area contributed by atoms with E-state index >= 15 is 0 Å². The number of amides is 4. The lowest BCUT2D eigenvalue weighted by molar-refractivity contribution is 0.124. The topological polar surface area (TPSA) is 82.3 Å². The molecule has 0 radical (unpaired) electrons. The van der Waals surface area contributed by atoms with E-state index in [0.717, 1.165) is 36.5 Å². The molecule has 4 N–H and O–H groups in total. The first-order chi connectivity index (χ1) is 12.4. The van der Waals surface area contributed by atoms with Gasteiger partial charge in [-0.1, -0.05) is 27.2 Å². The molecule has 2 fully saturated rings. The van der Waals surface area contributed by atoms with Gasteiger partial charge in [-0.25, -0.2) is 9.59 Å². The Morgan fingerprint density at radius 3 is 2.08 bits per heavy atom. The van der Waals surface area contributed by atoms with Gasteiger partial charge in [-0.15, -0.1) is 0 Å². The van der Waals surface area contributed by atoms with E-state index in [1.165, 1.54) is 32.1 Å². The maximum Gasteiger partial charge on any atom is 0.316 e. The average molecular weight is 367 g/mol. The zero-order valence-electron chi connectivity index (χ0n) is 16.9. The van der Waals surface area contributed by atoms with Gasteiger partial charge in [0.2, 0.25) is 0 Å². The largest absolute Gasteiger partial charge is 0.341 e. The van der Waals surface area contributed by atoms with E-state index in [1.54, 1.807) is 7.05 Å². The highest BCUT2D eigenvalue weighted by atomic mass is 16.2. The fourth-order valence-electron chi connectivity index (χ4n) is 4.94. The Morgan fingerprint density at radius 1 is 0.846 bits per heavy atom. The smallest absolute Gasteiger partial charge is 0.316 e. The van der Waals surface area contributed by atoms with E-state index in [-0.39, 0.29) is 24.8 Å². The summed E-state index contributed by atoms with van der Waals surface area (Å²) < 4.78 is 0. The monoisotopic (exact) mass is 366 g/mol. The van der Waals surface area contributed by atoms with Crippen LogP contribution in [-0.4, -0.2) is 31.8 Å². The van der Waals surface area contributed by atoms with E-state index in [1.807, 2.05) is 0 Å². The molecule has 0 bridgehead atoms. The van der Waals surface area contributed by atoms with Gasteiger partial charge in [0.1, 0.15) is 0 Å². The molecule has 6 heteroatoms. The van der Waals surface area contributed by atoms with Gasteiger partial charge in [-0.3, -0.25) is 0 Å². The van der Waals surface area contributed by atoms with Gasteiger partial charge in [0, 0.05) is 13.1 Å². The molecule has 2 saturated carbocycles. The second-order valence-corrected chi connectivity index (χ2v) is 8.72. The maximum absolute atomic E-state index is 12.0. The van der Waals surface area contributed by atoms with Crippen LogP contribution in [-0.2, 0) is 0 Å².